The van der Waals surface area contributed by atoms with Crippen molar-refractivity contribution in [2.24, 2.45) is 0 Å². The van der Waals surface area contributed by atoms with Crippen molar-refractivity contribution in [3.8, 4) is 0 Å². The molecule has 190 valence electrons. The summed E-state index contributed by atoms with van der Waals surface area (Å²) in [5.41, 5.74) is -6.25. The molecule has 2 amide bonds. The number of halogens is 3. The van der Waals surface area contributed by atoms with Crippen molar-refractivity contribution in [2.45, 2.75) is 82.2 Å². The largest absolute Gasteiger partial charge is 0.534 e. The maximum absolute atomic E-state index is 12.5. The summed E-state index contributed by atoms with van der Waals surface area (Å²) in [6.07, 6.45) is 0.102. The van der Waals surface area contributed by atoms with E-state index in [4.69, 9.17) is 9.47 Å². The fourth-order valence-electron chi connectivity index (χ4n) is 3.56. The molecular weight excluding hydrogens is 473 g/mol. The minimum atomic E-state index is -5.73. The van der Waals surface area contributed by atoms with Crippen molar-refractivity contribution in [2.75, 3.05) is 13.2 Å². The summed E-state index contributed by atoms with van der Waals surface area (Å²) in [4.78, 5) is 25.0. The molecule has 1 saturated heterocycles. The molecule has 1 aliphatic heterocycles. The molecule has 2 rings (SSSR count). The van der Waals surface area contributed by atoms with Gasteiger partial charge in [0, 0.05) is 13.0 Å². The SMILES string of the molecule is CC(C)(C)OC(=O)N[C@H]1CCCN(C(=O)O)[C@H]1COC1CC=C(OS(=O)(=O)C(F)(F)F)CC1. The van der Waals surface area contributed by atoms with Gasteiger partial charge in [0.25, 0.3) is 0 Å². The summed E-state index contributed by atoms with van der Waals surface area (Å²) >= 11 is 0. The molecule has 0 aromatic heterocycles. The number of alkyl carbamates (subject to hydrolysis) is 1. The number of rotatable bonds is 6. The number of carboxylic acid groups (broad SMARTS) is 1. The number of hydrogen-bond donors (Lipinski definition) is 2. The van der Waals surface area contributed by atoms with Gasteiger partial charge in [-0.2, -0.15) is 21.6 Å². The van der Waals surface area contributed by atoms with Crippen LogP contribution in [0.3, 0.4) is 0 Å². The number of carbonyl (C=O) groups is 2. The topological polar surface area (TPSA) is 131 Å². The molecule has 0 saturated carbocycles. The number of amides is 2. The zero-order chi connectivity index (χ0) is 25.0. The van der Waals surface area contributed by atoms with E-state index in [9.17, 15) is 36.3 Å². The Hall–Kier alpha value is -2.22. The van der Waals surface area contributed by atoms with Gasteiger partial charge in [-0.05, 0) is 52.5 Å². The average Bonchev–Trinajstić information content (AvgIpc) is 2.65. The van der Waals surface area contributed by atoms with Crippen LogP contribution in [0.2, 0.25) is 0 Å². The van der Waals surface area contributed by atoms with E-state index < -0.39 is 51.6 Å². The lowest BCUT2D eigenvalue weighted by molar-refractivity contribution is -0.0528. The Labute approximate surface area is 190 Å². The lowest BCUT2D eigenvalue weighted by Crippen LogP contribution is -2.59. The van der Waals surface area contributed by atoms with E-state index in [1.165, 1.54) is 11.0 Å². The molecule has 0 spiro atoms. The molecule has 0 radical (unpaired) electrons. The van der Waals surface area contributed by atoms with E-state index in [0.717, 1.165) is 0 Å². The van der Waals surface area contributed by atoms with Crippen LogP contribution in [-0.4, -0.2) is 73.1 Å². The summed E-state index contributed by atoms with van der Waals surface area (Å²) in [7, 11) is -5.73. The maximum atomic E-state index is 12.5. The molecule has 0 aromatic carbocycles. The smallest absolute Gasteiger partial charge is 0.465 e. The van der Waals surface area contributed by atoms with Crippen LogP contribution in [0.15, 0.2) is 11.8 Å². The standard InChI is InChI=1S/C19H29F3N2O8S/c1-18(2,3)31-16(25)23-14-5-4-10-24(17(26)27)15(14)11-30-12-6-8-13(9-7-12)32-33(28,29)19(20,21)22/h8,12,14-15H,4-7,9-11H2,1-3H3,(H,23,25)(H,26,27)/t12?,14-,15-/m0/s1. The minimum Gasteiger partial charge on any atom is -0.465 e. The molecule has 3 atom stereocenters. The summed E-state index contributed by atoms with van der Waals surface area (Å²) < 4.78 is 74.8. The van der Waals surface area contributed by atoms with Crippen LogP contribution in [0.5, 0.6) is 0 Å². The molecule has 1 fully saturated rings. The summed E-state index contributed by atoms with van der Waals surface area (Å²) in [6, 6.07) is -1.25. The van der Waals surface area contributed by atoms with Gasteiger partial charge >= 0.3 is 27.8 Å². The number of allylic oxidation sites excluding steroid dienone is 1. The zero-order valence-electron chi connectivity index (χ0n) is 18.6. The van der Waals surface area contributed by atoms with Crippen LogP contribution in [0.25, 0.3) is 0 Å². The highest BCUT2D eigenvalue weighted by atomic mass is 32.2. The highest BCUT2D eigenvalue weighted by molar-refractivity contribution is 7.87. The predicted molar refractivity (Wildman–Crippen MR) is 109 cm³/mol. The second kappa shape index (κ2) is 10.4. The molecule has 0 aromatic rings. The van der Waals surface area contributed by atoms with Gasteiger partial charge in [-0.25, -0.2) is 9.59 Å². The van der Waals surface area contributed by atoms with E-state index in [1.807, 2.05) is 0 Å². The normalized spacial score (nSPS) is 24.6. The summed E-state index contributed by atoms with van der Waals surface area (Å²) in [5.74, 6) is -0.318. The number of nitrogens with zero attached hydrogens (tertiary/aromatic N) is 1. The van der Waals surface area contributed by atoms with Gasteiger partial charge in [0.05, 0.1) is 24.8 Å². The molecule has 1 unspecified atom stereocenters. The van der Waals surface area contributed by atoms with Crippen LogP contribution in [0, 0.1) is 0 Å². The molecule has 1 heterocycles. The number of ether oxygens (including phenoxy) is 2. The third kappa shape index (κ3) is 7.95. The van der Waals surface area contributed by atoms with E-state index in [2.05, 4.69) is 9.50 Å². The number of likely N-dealkylation sites (tertiary alicyclic amines) is 1. The Morgan fingerprint density at radius 1 is 1.24 bits per heavy atom. The van der Waals surface area contributed by atoms with Gasteiger partial charge in [0.1, 0.15) is 11.4 Å². The molecule has 1 aliphatic carbocycles. The van der Waals surface area contributed by atoms with Crippen molar-refractivity contribution < 1.29 is 49.9 Å². The predicted octanol–water partition coefficient (Wildman–Crippen LogP) is 3.34. The van der Waals surface area contributed by atoms with Crippen molar-refractivity contribution in [1.29, 1.82) is 0 Å². The first kappa shape index (κ1) is 27.0. The number of hydrogen-bond acceptors (Lipinski definition) is 7. The van der Waals surface area contributed by atoms with E-state index >= 15 is 0 Å². The molecule has 2 aliphatic rings. The molecule has 33 heavy (non-hydrogen) atoms. The van der Waals surface area contributed by atoms with Crippen LogP contribution in [0.4, 0.5) is 22.8 Å². The van der Waals surface area contributed by atoms with Crippen LogP contribution in [0.1, 0.15) is 52.9 Å². The number of nitrogens with one attached hydrogen (secondary N) is 1. The molecular formula is C19H29F3N2O8S. The average molecular weight is 503 g/mol. The third-order valence-corrected chi connectivity index (χ3v) is 6.05. The highest BCUT2D eigenvalue weighted by Gasteiger charge is 2.49. The second-order valence-corrected chi connectivity index (χ2v) is 10.4. The van der Waals surface area contributed by atoms with E-state index in [1.54, 1.807) is 20.8 Å². The number of piperidine rings is 1. The van der Waals surface area contributed by atoms with Crippen LogP contribution in [-0.2, 0) is 23.8 Å². The number of alkyl halides is 3. The van der Waals surface area contributed by atoms with Gasteiger partial charge in [-0.15, -0.1) is 0 Å². The molecule has 2 N–H and O–H groups in total. The third-order valence-electron chi connectivity index (χ3n) is 5.05. The Morgan fingerprint density at radius 2 is 1.91 bits per heavy atom. The summed E-state index contributed by atoms with van der Waals surface area (Å²) in [6.45, 7) is 5.29. The lowest BCUT2D eigenvalue weighted by atomic mass is 9.96. The molecule has 10 nitrogen and oxygen atoms in total. The number of carbonyl (C=O) groups excluding carboxylic acids is 1. The van der Waals surface area contributed by atoms with Gasteiger partial charge in [-0.1, -0.05) is 0 Å². The van der Waals surface area contributed by atoms with Gasteiger partial charge in [-0.3, -0.25) is 0 Å². The molecule has 0 bridgehead atoms. The van der Waals surface area contributed by atoms with E-state index in [-0.39, 0.29) is 38.2 Å². The fourth-order valence-corrected chi connectivity index (χ4v) is 4.09. The fraction of sp³-hybridized carbons (Fsp3) is 0.789. The Bertz CT molecular complexity index is 854. The minimum absolute atomic E-state index is 0.0672. The highest BCUT2D eigenvalue weighted by Crippen LogP contribution is 2.30. The van der Waals surface area contributed by atoms with Crippen molar-refractivity contribution in [1.82, 2.24) is 10.2 Å². The van der Waals surface area contributed by atoms with Gasteiger partial charge in [0.15, 0.2) is 0 Å². The first-order valence-electron chi connectivity index (χ1n) is 10.4. The van der Waals surface area contributed by atoms with Crippen molar-refractivity contribution in [3.63, 3.8) is 0 Å². The van der Waals surface area contributed by atoms with Crippen molar-refractivity contribution >= 4 is 22.3 Å². The first-order chi connectivity index (χ1) is 15.1. The first-order valence-corrected chi connectivity index (χ1v) is 11.8. The van der Waals surface area contributed by atoms with Crippen LogP contribution < -0.4 is 5.32 Å². The Kier molecular flexibility index (Phi) is 8.49. The van der Waals surface area contributed by atoms with Crippen molar-refractivity contribution in [3.05, 3.63) is 11.8 Å². The molecule has 14 heteroatoms. The maximum Gasteiger partial charge on any atom is 0.534 e. The Balaban J connectivity index is 1.99. The second-order valence-electron chi connectivity index (χ2n) is 8.82. The van der Waals surface area contributed by atoms with Gasteiger partial charge in [0.2, 0.25) is 0 Å². The quantitative estimate of drug-likeness (QED) is 0.418. The van der Waals surface area contributed by atoms with Gasteiger partial charge < -0.3 is 29.0 Å². The Morgan fingerprint density at radius 3 is 2.42 bits per heavy atom. The monoisotopic (exact) mass is 502 g/mol. The van der Waals surface area contributed by atoms with E-state index in [0.29, 0.717) is 12.8 Å². The zero-order valence-corrected chi connectivity index (χ0v) is 19.4. The summed E-state index contributed by atoms with van der Waals surface area (Å²) in [5, 5.41) is 12.2. The van der Waals surface area contributed by atoms with Crippen LogP contribution >= 0.6 is 0 Å². The lowest BCUT2D eigenvalue weighted by Gasteiger charge is -2.40.